The Morgan fingerprint density at radius 2 is 1.77 bits per heavy atom. The van der Waals surface area contributed by atoms with E-state index in [0.29, 0.717) is 0 Å². The predicted molar refractivity (Wildman–Crippen MR) is 105 cm³/mol. The van der Waals surface area contributed by atoms with Gasteiger partial charge in [0.2, 0.25) is 5.91 Å². The number of rotatable bonds is 2. The molecule has 3 aromatic rings. The van der Waals surface area contributed by atoms with E-state index in [1.54, 1.807) is 11.9 Å². The van der Waals surface area contributed by atoms with E-state index in [4.69, 9.17) is 0 Å². The first-order valence-corrected chi connectivity index (χ1v) is 8.96. The second-order valence-electron chi connectivity index (χ2n) is 5.82. The standard InChI is InChI=1S/C16H14BrN2O.C5H5.Fe/c1-11(20)19-16(13-4-2-3-5-13)10-15(18-19)12-6-8-14(17)9-7-12;1-2-4-5-3-1;/h2-9,16H,10H2,1H3;1-5H;/q2*-1;+2. The topological polar surface area (TPSA) is 32.7 Å². The molecule has 0 spiro atoms. The normalized spacial score (nSPS) is 15.5. The average molecular weight is 451 g/mol. The molecule has 1 aliphatic heterocycles. The molecule has 26 heavy (non-hydrogen) atoms. The Bertz CT molecular complexity index is 806. The molecule has 1 heterocycles. The van der Waals surface area contributed by atoms with Gasteiger partial charge in [-0.1, -0.05) is 28.1 Å². The van der Waals surface area contributed by atoms with Crippen molar-refractivity contribution in [2.45, 2.75) is 19.4 Å². The summed E-state index contributed by atoms with van der Waals surface area (Å²) < 4.78 is 1.04. The molecule has 1 aliphatic rings. The summed E-state index contributed by atoms with van der Waals surface area (Å²) in [6.45, 7) is 1.56. The Balaban J connectivity index is 0.000000351. The predicted octanol–water partition coefficient (Wildman–Crippen LogP) is 5.27. The first-order valence-electron chi connectivity index (χ1n) is 8.16. The number of carbonyl (C=O) groups is 1. The molecule has 1 atom stereocenters. The summed E-state index contributed by atoms with van der Waals surface area (Å²) >= 11 is 3.43. The number of halogens is 1. The molecule has 0 N–H and O–H groups in total. The van der Waals surface area contributed by atoms with E-state index in [2.05, 4.69) is 21.0 Å². The van der Waals surface area contributed by atoms with Crippen molar-refractivity contribution in [2.24, 2.45) is 5.10 Å². The van der Waals surface area contributed by atoms with Crippen molar-refractivity contribution >= 4 is 27.5 Å². The van der Waals surface area contributed by atoms with Crippen molar-refractivity contribution in [3.63, 3.8) is 0 Å². The van der Waals surface area contributed by atoms with Crippen LogP contribution in [-0.4, -0.2) is 16.6 Å². The fourth-order valence-corrected chi connectivity index (χ4v) is 3.07. The molecule has 0 aliphatic carbocycles. The van der Waals surface area contributed by atoms with Crippen LogP contribution >= 0.6 is 15.9 Å². The van der Waals surface area contributed by atoms with Gasteiger partial charge in [0.1, 0.15) is 0 Å². The average Bonchev–Trinajstić information content (AvgIpc) is 3.36. The molecule has 0 radical (unpaired) electrons. The zero-order valence-corrected chi connectivity index (χ0v) is 17.0. The van der Waals surface area contributed by atoms with Crippen LogP contribution in [0, 0.1) is 0 Å². The Hall–Kier alpha value is -1.94. The van der Waals surface area contributed by atoms with Gasteiger partial charge in [-0.25, -0.2) is 29.3 Å². The summed E-state index contributed by atoms with van der Waals surface area (Å²) in [7, 11) is 0. The molecule has 1 amide bonds. The monoisotopic (exact) mass is 450 g/mol. The molecule has 5 heteroatoms. The van der Waals surface area contributed by atoms with Crippen LogP contribution in [0.2, 0.25) is 0 Å². The third kappa shape index (κ3) is 5.04. The van der Waals surface area contributed by atoms with Crippen LogP contribution in [0.3, 0.4) is 0 Å². The van der Waals surface area contributed by atoms with Crippen molar-refractivity contribution in [2.75, 3.05) is 0 Å². The number of nitrogens with zero attached hydrogens (tertiary/aromatic N) is 2. The molecule has 0 bridgehead atoms. The summed E-state index contributed by atoms with van der Waals surface area (Å²) in [5, 5.41) is 6.10. The molecular formula is C21H19BrFeN2O. The van der Waals surface area contributed by atoms with Crippen molar-refractivity contribution < 1.29 is 21.9 Å². The Labute approximate surface area is 173 Å². The third-order valence-corrected chi connectivity index (χ3v) is 4.57. The molecule has 134 valence electrons. The SMILES string of the molecule is CC(=O)N1N=C(c2ccc(Br)cc2)CC1[c-]1cccc1.[Fe+2].c1cc[cH-]c1. The molecule has 1 unspecified atom stereocenters. The van der Waals surface area contributed by atoms with Gasteiger partial charge in [0.15, 0.2) is 0 Å². The van der Waals surface area contributed by atoms with Crippen molar-refractivity contribution in [1.29, 1.82) is 0 Å². The maximum Gasteiger partial charge on any atom is 2.00 e. The van der Waals surface area contributed by atoms with E-state index >= 15 is 0 Å². The Morgan fingerprint density at radius 3 is 2.27 bits per heavy atom. The van der Waals surface area contributed by atoms with Gasteiger partial charge in [-0.3, -0.25) is 4.79 Å². The maximum atomic E-state index is 11.8. The van der Waals surface area contributed by atoms with Gasteiger partial charge in [-0.05, 0) is 17.7 Å². The molecule has 3 nitrogen and oxygen atoms in total. The number of carbonyl (C=O) groups excluding carboxylic acids is 1. The first kappa shape index (κ1) is 20.4. The summed E-state index contributed by atoms with van der Waals surface area (Å²) in [5.41, 5.74) is 3.16. The van der Waals surface area contributed by atoms with E-state index in [1.807, 2.05) is 78.9 Å². The van der Waals surface area contributed by atoms with E-state index in [9.17, 15) is 4.79 Å². The van der Waals surface area contributed by atoms with Gasteiger partial charge >= 0.3 is 17.1 Å². The number of hydrogen-bond acceptors (Lipinski definition) is 2. The Kier molecular flexibility index (Phi) is 7.58. The van der Waals surface area contributed by atoms with Crippen molar-refractivity contribution in [3.8, 4) is 0 Å². The molecule has 4 rings (SSSR count). The quantitative estimate of drug-likeness (QED) is 0.386. The van der Waals surface area contributed by atoms with E-state index in [-0.39, 0.29) is 29.0 Å². The van der Waals surface area contributed by atoms with Crippen LogP contribution < -0.4 is 0 Å². The van der Waals surface area contributed by atoms with Gasteiger partial charge in [0, 0.05) is 23.9 Å². The zero-order valence-electron chi connectivity index (χ0n) is 14.3. The number of benzene rings is 1. The van der Waals surface area contributed by atoms with Gasteiger partial charge in [-0.2, -0.15) is 35.4 Å². The fraction of sp³-hybridized carbons (Fsp3) is 0.143. The second kappa shape index (κ2) is 9.67. The van der Waals surface area contributed by atoms with Crippen molar-refractivity contribution in [3.05, 3.63) is 94.5 Å². The number of hydrazone groups is 1. The molecule has 0 saturated carbocycles. The Morgan fingerprint density at radius 1 is 1.15 bits per heavy atom. The smallest absolute Gasteiger partial charge is 0.273 e. The third-order valence-electron chi connectivity index (χ3n) is 4.04. The van der Waals surface area contributed by atoms with Crippen LogP contribution in [0.1, 0.15) is 30.5 Å². The van der Waals surface area contributed by atoms with Gasteiger partial charge in [0.05, 0.1) is 5.71 Å². The molecule has 0 fully saturated rings. The van der Waals surface area contributed by atoms with Crippen LogP contribution in [0.4, 0.5) is 0 Å². The molecular weight excluding hydrogens is 432 g/mol. The summed E-state index contributed by atoms with van der Waals surface area (Å²) in [4.78, 5) is 11.8. The van der Waals surface area contributed by atoms with Crippen LogP contribution in [0.15, 0.2) is 88.4 Å². The number of hydrogen-bond donors (Lipinski definition) is 0. The van der Waals surface area contributed by atoms with E-state index in [1.165, 1.54) is 0 Å². The minimum absolute atomic E-state index is 0. The van der Waals surface area contributed by atoms with Gasteiger partial charge in [-0.15, -0.1) is 5.56 Å². The van der Waals surface area contributed by atoms with Gasteiger partial charge < -0.3 is 0 Å². The molecule has 0 saturated heterocycles. The molecule has 3 aromatic carbocycles. The second-order valence-corrected chi connectivity index (χ2v) is 6.73. The van der Waals surface area contributed by atoms with Crippen molar-refractivity contribution in [1.82, 2.24) is 5.01 Å². The minimum atomic E-state index is -0.0247. The first-order chi connectivity index (χ1) is 12.1. The van der Waals surface area contributed by atoms with Crippen LogP contribution in [0.5, 0.6) is 0 Å². The van der Waals surface area contributed by atoms with E-state index in [0.717, 1.165) is 27.7 Å². The summed E-state index contributed by atoms with van der Waals surface area (Å²) in [6, 6.07) is 26.1. The minimum Gasteiger partial charge on any atom is -0.273 e. The van der Waals surface area contributed by atoms with E-state index < -0.39 is 0 Å². The maximum absolute atomic E-state index is 11.8. The fourth-order valence-electron chi connectivity index (χ4n) is 2.81. The molecule has 0 aromatic heterocycles. The van der Waals surface area contributed by atoms with Gasteiger partial charge in [0.25, 0.3) is 0 Å². The summed E-state index contributed by atoms with van der Waals surface area (Å²) in [5.74, 6) is -0.0247. The largest absolute Gasteiger partial charge is 2.00 e. The zero-order chi connectivity index (χ0) is 17.6. The summed E-state index contributed by atoms with van der Waals surface area (Å²) in [6.07, 6.45) is 0.755. The number of amides is 1. The van der Waals surface area contributed by atoms with Crippen LogP contribution in [-0.2, 0) is 21.9 Å². The van der Waals surface area contributed by atoms with Crippen LogP contribution in [0.25, 0.3) is 0 Å².